The molecule has 0 bridgehead atoms. The molecule has 2 rings (SSSR count). The fraction of sp³-hybridized carbons (Fsp3) is 0.158. The molecule has 0 saturated carbocycles. The van der Waals surface area contributed by atoms with Crippen molar-refractivity contribution in [3.63, 3.8) is 0 Å². The summed E-state index contributed by atoms with van der Waals surface area (Å²) in [6, 6.07) is 11.7. The standard InChI is InChI=1S/C19H15Cl2NO3/c1-13(23)15-6-4-14(5-7-15)3-2-10-22-19(24)12-25-18-9-8-16(20)11-17(18)21/h4-9,11H,10,12H2,1H3,(H,22,24). The lowest BCUT2D eigenvalue weighted by molar-refractivity contribution is -0.122. The highest BCUT2D eigenvalue weighted by atomic mass is 35.5. The Morgan fingerprint density at radius 2 is 1.84 bits per heavy atom. The fourth-order valence-electron chi connectivity index (χ4n) is 1.86. The zero-order valence-corrected chi connectivity index (χ0v) is 14.9. The van der Waals surface area contributed by atoms with Crippen LogP contribution >= 0.6 is 23.2 Å². The molecular formula is C19H15Cl2NO3. The predicted molar refractivity (Wildman–Crippen MR) is 98.3 cm³/mol. The van der Waals surface area contributed by atoms with Gasteiger partial charge in [0, 0.05) is 16.1 Å². The number of rotatable bonds is 5. The first-order chi connectivity index (χ1) is 12.0. The van der Waals surface area contributed by atoms with Crippen LogP contribution in [0.5, 0.6) is 5.75 Å². The maximum atomic E-state index is 11.7. The first-order valence-electron chi connectivity index (χ1n) is 7.40. The summed E-state index contributed by atoms with van der Waals surface area (Å²) in [5.41, 5.74) is 1.40. The van der Waals surface area contributed by atoms with Crippen molar-refractivity contribution >= 4 is 34.9 Å². The molecule has 128 valence electrons. The average Bonchev–Trinajstić information content (AvgIpc) is 2.58. The molecule has 0 spiro atoms. The lowest BCUT2D eigenvalue weighted by atomic mass is 10.1. The summed E-state index contributed by atoms with van der Waals surface area (Å²) in [7, 11) is 0. The summed E-state index contributed by atoms with van der Waals surface area (Å²) in [4.78, 5) is 22.9. The third-order valence-electron chi connectivity index (χ3n) is 3.15. The Labute approximate surface area is 156 Å². The smallest absolute Gasteiger partial charge is 0.258 e. The number of Topliss-reactive ketones (excluding diaryl/α,β-unsaturated/α-hetero) is 1. The summed E-state index contributed by atoms with van der Waals surface area (Å²) >= 11 is 11.7. The van der Waals surface area contributed by atoms with Gasteiger partial charge in [0.15, 0.2) is 12.4 Å². The monoisotopic (exact) mass is 375 g/mol. The van der Waals surface area contributed by atoms with E-state index >= 15 is 0 Å². The molecule has 0 saturated heterocycles. The second kappa shape index (κ2) is 9.12. The fourth-order valence-corrected chi connectivity index (χ4v) is 2.33. The molecule has 0 radical (unpaired) electrons. The second-order valence-electron chi connectivity index (χ2n) is 5.08. The van der Waals surface area contributed by atoms with Crippen molar-refractivity contribution in [2.45, 2.75) is 6.92 Å². The number of carbonyl (C=O) groups is 2. The molecule has 0 unspecified atom stereocenters. The predicted octanol–water partition coefficient (Wildman–Crippen LogP) is 3.74. The van der Waals surface area contributed by atoms with Gasteiger partial charge in [-0.3, -0.25) is 9.59 Å². The number of carbonyl (C=O) groups excluding carboxylic acids is 2. The molecule has 6 heteroatoms. The van der Waals surface area contributed by atoms with Crippen molar-refractivity contribution in [1.82, 2.24) is 5.32 Å². The van der Waals surface area contributed by atoms with Crippen molar-refractivity contribution in [2.75, 3.05) is 13.2 Å². The first-order valence-corrected chi connectivity index (χ1v) is 8.16. The van der Waals surface area contributed by atoms with Crippen LogP contribution in [0, 0.1) is 11.8 Å². The van der Waals surface area contributed by atoms with Crippen LogP contribution in [0.15, 0.2) is 42.5 Å². The molecule has 0 fully saturated rings. The van der Waals surface area contributed by atoms with E-state index in [0.29, 0.717) is 21.4 Å². The molecular weight excluding hydrogens is 361 g/mol. The van der Waals surface area contributed by atoms with Crippen LogP contribution < -0.4 is 10.1 Å². The molecule has 0 aromatic heterocycles. The molecule has 1 N–H and O–H groups in total. The minimum absolute atomic E-state index is 0.00700. The van der Waals surface area contributed by atoms with E-state index in [9.17, 15) is 9.59 Å². The van der Waals surface area contributed by atoms with E-state index in [2.05, 4.69) is 17.2 Å². The quantitative estimate of drug-likeness (QED) is 0.639. The Balaban J connectivity index is 1.78. The molecule has 2 aromatic carbocycles. The number of benzene rings is 2. The maximum Gasteiger partial charge on any atom is 0.258 e. The van der Waals surface area contributed by atoms with Crippen molar-refractivity contribution in [2.24, 2.45) is 0 Å². The van der Waals surface area contributed by atoms with Gasteiger partial charge in [0.2, 0.25) is 0 Å². The van der Waals surface area contributed by atoms with Gasteiger partial charge in [-0.1, -0.05) is 47.2 Å². The molecule has 0 aliphatic carbocycles. The van der Waals surface area contributed by atoms with E-state index in [1.165, 1.54) is 6.92 Å². The van der Waals surface area contributed by atoms with Crippen LogP contribution in [0.3, 0.4) is 0 Å². The van der Waals surface area contributed by atoms with Crippen molar-refractivity contribution in [3.05, 3.63) is 63.6 Å². The SMILES string of the molecule is CC(=O)c1ccc(C#CCNC(=O)COc2ccc(Cl)cc2Cl)cc1. The lowest BCUT2D eigenvalue weighted by Gasteiger charge is -2.07. The van der Waals surface area contributed by atoms with Crippen LogP contribution in [-0.2, 0) is 4.79 Å². The summed E-state index contributed by atoms with van der Waals surface area (Å²) in [5.74, 6) is 5.82. The number of ketones is 1. The number of hydrogen-bond donors (Lipinski definition) is 1. The first kappa shape index (κ1) is 18.9. The number of halogens is 2. The van der Waals surface area contributed by atoms with Crippen LogP contribution in [-0.4, -0.2) is 24.8 Å². The third kappa shape index (κ3) is 6.15. The molecule has 0 aliphatic heterocycles. The Bertz CT molecular complexity index is 836. The van der Waals surface area contributed by atoms with Gasteiger partial charge in [0.1, 0.15) is 5.75 Å². The Hall–Kier alpha value is -2.48. The van der Waals surface area contributed by atoms with E-state index in [0.717, 1.165) is 5.56 Å². The topological polar surface area (TPSA) is 55.4 Å². The number of hydrogen-bond acceptors (Lipinski definition) is 3. The average molecular weight is 376 g/mol. The van der Waals surface area contributed by atoms with Gasteiger partial charge in [-0.15, -0.1) is 0 Å². The summed E-state index contributed by atoms with van der Waals surface area (Å²) < 4.78 is 5.32. The van der Waals surface area contributed by atoms with E-state index in [1.54, 1.807) is 42.5 Å². The van der Waals surface area contributed by atoms with Gasteiger partial charge >= 0.3 is 0 Å². The van der Waals surface area contributed by atoms with Crippen molar-refractivity contribution in [3.8, 4) is 17.6 Å². The molecule has 1 amide bonds. The minimum Gasteiger partial charge on any atom is -0.482 e. The molecule has 0 heterocycles. The van der Waals surface area contributed by atoms with E-state index in [4.69, 9.17) is 27.9 Å². The molecule has 25 heavy (non-hydrogen) atoms. The van der Waals surface area contributed by atoms with Crippen LogP contribution in [0.4, 0.5) is 0 Å². The number of nitrogens with one attached hydrogen (secondary N) is 1. The van der Waals surface area contributed by atoms with Crippen LogP contribution in [0.1, 0.15) is 22.8 Å². The zero-order chi connectivity index (χ0) is 18.2. The minimum atomic E-state index is -0.313. The van der Waals surface area contributed by atoms with Crippen molar-refractivity contribution in [1.29, 1.82) is 0 Å². The van der Waals surface area contributed by atoms with Crippen molar-refractivity contribution < 1.29 is 14.3 Å². The zero-order valence-electron chi connectivity index (χ0n) is 13.4. The van der Waals surface area contributed by atoms with E-state index < -0.39 is 0 Å². The Morgan fingerprint density at radius 1 is 1.12 bits per heavy atom. The Morgan fingerprint density at radius 3 is 2.48 bits per heavy atom. The lowest BCUT2D eigenvalue weighted by Crippen LogP contribution is -2.29. The highest BCUT2D eigenvalue weighted by Crippen LogP contribution is 2.27. The molecule has 0 aliphatic rings. The molecule has 4 nitrogen and oxygen atoms in total. The normalized spacial score (nSPS) is 9.72. The van der Waals surface area contributed by atoms with Crippen LogP contribution in [0.25, 0.3) is 0 Å². The van der Waals surface area contributed by atoms with Gasteiger partial charge in [0.05, 0.1) is 11.6 Å². The van der Waals surface area contributed by atoms with Gasteiger partial charge in [0.25, 0.3) is 5.91 Å². The number of amides is 1. The van der Waals surface area contributed by atoms with Gasteiger partial charge in [-0.05, 0) is 37.3 Å². The highest BCUT2D eigenvalue weighted by Gasteiger charge is 2.05. The van der Waals surface area contributed by atoms with E-state index in [-0.39, 0.29) is 24.8 Å². The Kier molecular flexibility index (Phi) is 6.88. The largest absolute Gasteiger partial charge is 0.482 e. The highest BCUT2D eigenvalue weighted by molar-refractivity contribution is 6.35. The van der Waals surface area contributed by atoms with Gasteiger partial charge in [-0.25, -0.2) is 0 Å². The third-order valence-corrected chi connectivity index (χ3v) is 3.68. The summed E-state index contributed by atoms with van der Waals surface area (Å²) in [6.45, 7) is 1.52. The summed E-state index contributed by atoms with van der Waals surface area (Å²) in [6.07, 6.45) is 0. The maximum absolute atomic E-state index is 11.7. The molecule has 2 aromatic rings. The second-order valence-corrected chi connectivity index (χ2v) is 5.92. The van der Waals surface area contributed by atoms with E-state index in [1.807, 2.05) is 0 Å². The van der Waals surface area contributed by atoms with Gasteiger partial charge in [-0.2, -0.15) is 0 Å². The van der Waals surface area contributed by atoms with Gasteiger partial charge < -0.3 is 10.1 Å². The summed E-state index contributed by atoms with van der Waals surface area (Å²) in [5, 5.41) is 3.46. The van der Waals surface area contributed by atoms with Crippen LogP contribution in [0.2, 0.25) is 10.0 Å². The number of ether oxygens (including phenoxy) is 1. The molecule has 0 atom stereocenters.